The monoisotopic (exact) mass is 249 g/mol. The molecule has 0 fully saturated rings. The third-order valence-corrected chi connectivity index (χ3v) is 4.18. The van der Waals surface area contributed by atoms with Gasteiger partial charge in [-0.3, -0.25) is 0 Å². The number of halogens is 2. The number of hydrogen-bond acceptors (Lipinski definition) is 1. The van der Waals surface area contributed by atoms with Gasteiger partial charge in [0, 0.05) is 20.9 Å². The number of nitrogens with zero attached hydrogens (tertiary/aromatic N) is 1. The molecule has 0 aliphatic carbocycles. The molecule has 0 amide bonds. The molecule has 1 aromatic heterocycles. The van der Waals surface area contributed by atoms with Crippen LogP contribution in [0.3, 0.4) is 0 Å². The molecule has 2 nitrogen and oxygen atoms in total. The molecule has 0 N–H and O–H groups in total. The van der Waals surface area contributed by atoms with Gasteiger partial charge in [0.05, 0.1) is 0 Å². The van der Waals surface area contributed by atoms with Crippen LogP contribution in [-0.4, -0.2) is 19.2 Å². The number of aromatic nitrogens is 1. The average Bonchev–Trinajstić information content (AvgIpc) is 2.42. The number of ether oxygens (including phenoxy) is 1. The second-order valence-electron chi connectivity index (χ2n) is 4.77. The van der Waals surface area contributed by atoms with Crippen molar-refractivity contribution >= 4 is 19.7 Å². The van der Waals surface area contributed by atoms with Gasteiger partial charge in [0.15, 0.2) is 5.82 Å². The summed E-state index contributed by atoms with van der Waals surface area (Å²) in [5.41, 5.74) is 0. The summed E-state index contributed by atoms with van der Waals surface area (Å²) in [4.78, 5) is 0. The summed E-state index contributed by atoms with van der Waals surface area (Å²) < 4.78 is 19.8. The minimum Gasteiger partial charge on any atom is -0.361 e. The quantitative estimate of drug-likeness (QED) is 0.575. The molecule has 0 radical (unpaired) electrons. The summed E-state index contributed by atoms with van der Waals surface area (Å²) in [6, 6.07) is 2.44. The zero-order valence-electron chi connectivity index (χ0n) is 9.39. The summed E-state index contributed by atoms with van der Waals surface area (Å²) in [5.74, 6) is -0.398. The largest absolute Gasteiger partial charge is 0.361 e. The Morgan fingerprint density at radius 3 is 2.60 bits per heavy atom. The molecule has 1 aromatic rings. The van der Waals surface area contributed by atoms with Gasteiger partial charge in [-0.2, -0.15) is 0 Å². The first-order valence-electron chi connectivity index (χ1n) is 4.98. The Hall–Kier alpha value is -0.323. The molecule has 0 aliphatic rings. The Kier molecular flexibility index (Phi) is 4.37. The predicted molar refractivity (Wildman–Crippen MR) is 63.5 cm³/mol. The van der Waals surface area contributed by atoms with E-state index < -0.39 is 13.9 Å². The SMILES string of the molecule is C[Si](C)(C)CCOCn1ccc(F)c1Cl. The van der Waals surface area contributed by atoms with Crippen molar-refractivity contribution in [3.8, 4) is 0 Å². The molecule has 0 aliphatic heterocycles. The van der Waals surface area contributed by atoms with Gasteiger partial charge in [-0.25, -0.2) is 4.39 Å². The molecule has 86 valence electrons. The van der Waals surface area contributed by atoms with Gasteiger partial charge in [-0.1, -0.05) is 31.2 Å². The van der Waals surface area contributed by atoms with E-state index in [-0.39, 0.29) is 5.15 Å². The van der Waals surface area contributed by atoms with Crippen molar-refractivity contribution in [2.24, 2.45) is 0 Å². The van der Waals surface area contributed by atoms with Crippen molar-refractivity contribution in [1.29, 1.82) is 0 Å². The van der Waals surface area contributed by atoms with Crippen LogP contribution in [0.4, 0.5) is 4.39 Å². The van der Waals surface area contributed by atoms with Gasteiger partial charge in [0.2, 0.25) is 0 Å². The van der Waals surface area contributed by atoms with E-state index in [1.165, 1.54) is 6.07 Å². The molecule has 0 bridgehead atoms. The lowest BCUT2D eigenvalue weighted by Gasteiger charge is -2.15. The third-order valence-electron chi connectivity index (χ3n) is 2.08. The van der Waals surface area contributed by atoms with E-state index in [1.807, 2.05) is 0 Å². The fraction of sp³-hybridized carbons (Fsp3) is 0.600. The topological polar surface area (TPSA) is 14.2 Å². The molecule has 1 heterocycles. The van der Waals surface area contributed by atoms with E-state index >= 15 is 0 Å². The van der Waals surface area contributed by atoms with Crippen molar-refractivity contribution < 1.29 is 9.13 Å². The van der Waals surface area contributed by atoms with Gasteiger partial charge in [-0.15, -0.1) is 0 Å². The molecular weight excluding hydrogens is 233 g/mol. The fourth-order valence-corrected chi connectivity index (χ4v) is 1.99. The maximum Gasteiger partial charge on any atom is 0.160 e. The smallest absolute Gasteiger partial charge is 0.160 e. The van der Waals surface area contributed by atoms with Crippen LogP contribution in [0.2, 0.25) is 30.8 Å². The first-order valence-corrected chi connectivity index (χ1v) is 9.06. The molecule has 0 atom stereocenters. The van der Waals surface area contributed by atoms with Crippen molar-refractivity contribution in [1.82, 2.24) is 4.57 Å². The highest BCUT2D eigenvalue weighted by atomic mass is 35.5. The van der Waals surface area contributed by atoms with Crippen LogP contribution in [0.1, 0.15) is 0 Å². The lowest BCUT2D eigenvalue weighted by molar-refractivity contribution is 0.0873. The van der Waals surface area contributed by atoms with Crippen molar-refractivity contribution in [3.63, 3.8) is 0 Å². The number of hydrogen-bond donors (Lipinski definition) is 0. The normalized spacial score (nSPS) is 12.1. The first-order chi connectivity index (χ1) is 6.90. The lowest BCUT2D eigenvalue weighted by atomic mass is 10.6. The van der Waals surface area contributed by atoms with Crippen molar-refractivity contribution in [2.75, 3.05) is 6.61 Å². The predicted octanol–water partition coefficient (Wildman–Crippen LogP) is 3.59. The van der Waals surface area contributed by atoms with E-state index in [4.69, 9.17) is 16.3 Å². The summed E-state index contributed by atoms with van der Waals surface area (Å²) in [5, 5.41) is 0.114. The Morgan fingerprint density at radius 2 is 2.13 bits per heavy atom. The molecule has 1 rings (SSSR count). The minimum atomic E-state index is -1.05. The second-order valence-corrected chi connectivity index (χ2v) is 10.8. The van der Waals surface area contributed by atoms with Gasteiger partial charge in [-0.05, 0) is 12.1 Å². The van der Waals surface area contributed by atoms with Gasteiger partial charge in [0.25, 0.3) is 0 Å². The van der Waals surface area contributed by atoms with E-state index in [9.17, 15) is 4.39 Å². The van der Waals surface area contributed by atoms with Crippen LogP contribution in [0.15, 0.2) is 12.3 Å². The minimum absolute atomic E-state index is 0.114. The van der Waals surface area contributed by atoms with Crippen LogP contribution in [0, 0.1) is 5.82 Å². The standard InChI is InChI=1S/C10H17ClFNOSi/c1-15(2,3)7-6-14-8-13-5-4-9(12)10(13)11/h4-5H,6-8H2,1-3H3. The van der Waals surface area contributed by atoms with Crippen LogP contribution >= 0.6 is 11.6 Å². The summed E-state index contributed by atoms with van der Waals surface area (Å²) in [6.07, 6.45) is 1.59. The molecular formula is C10H17ClFNOSi. The maximum absolute atomic E-state index is 12.8. The maximum atomic E-state index is 12.8. The summed E-state index contributed by atoms with van der Waals surface area (Å²) in [7, 11) is -1.05. The summed E-state index contributed by atoms with van der Waals surface area (Å²) in [6.45, 7) is 7.91. The molecule has 0 saturated heterocycles. The van der Waals surface area contributed by atoms with Gasteiger partial charge < -0.3 is 9.30 Å². The average molecular weight is 250 g/mol. The first kappa shape index (κ1) is 12.7. The molecule has 0 saturated carbocycles. The van der Waals surface area contributed by atoms with E-state index in [0.717, 1.165) is 6.04 Å². The Morgan fingerprint density at radius 1 is 1.47 bits per heavy atom. The van der Waals surface area contributed by atoms with Crippen LogP contribution in [0.5, 0.6) is 0 Å². The van der Waals surface area contributed by atoms with E-state index in [2.05, 4.69) is 19.6 Å². The highest BCUT2D eigenvalue weighted by Gasteiger charge is 2.12. The zero-order chi connectivity index (χ0) is 11.5. The Labute approximate surface area is 96.0 Å². The van der Waals surface area contributed by atoms with Crippen LogP contribution < -0.4 is 0 Å². The van der Waals surface area contributed by atoms with Gasteiger partial charge >= 0.3 is 0 Å². The van der Waals surface area contributed by atoms with Crippen molar-refractivity contribution in [3.05, 3.63) is 23.2 Å². The van der Waals surface area contributed by atoms with Gasteiger partial charge in [0.1, 0.15) is 11.9 Å². The van der Waals surface area contributed by atoms with Crippen molar-refractivity contribution in [2.45, 2.75) is 32.4 Å². The third kappa shape index (κ3) is 4.36. The van der Waals surface area contributed by atoms with E-state index in [0.29, 0.717) is 13.3 Å². The highest BCUT2D eigenvalue weighted by molar-refractivity contribution is 6.76. The molecule has 5 heteroatoms. The molecule has 15 heavy (non-hydrogen) atoms. The molecule has 0 spiro atoms. The second kappa shape index (κ2) is 5.14. The molecule has 0 aromatic carbocycles. The lowest BCUT2D eigenvalue weighted by Crippen LogP contribution is -2.22. The number of rotatable bonds is 5. The summed E-state index contributed by atoms with van der Waals surface area (Å²) >= 11 is 5.69. The highest BCUT2D eigenvalue weighted by Crippen LogP contribution is 2.15. The van der Waals surface area contributed by atoms with Crippen LogP contribution in [-0.2, 0) is 11.5 Å². The van der Waals surface area contributed by atoms with E-state index in [1.54, 1.807) is 10.8 Å². The Balaban J connectivity index is 2.30. The Bertz CT molecular complexity index is 322. The molecule has 0 unspecified atom stereocenters. The zero-order valence-corrected chi connectivity index (χ0v) is 11.1. The fourth-order valence-electron chi connectivity index (χ4n) is 1.07. The van der Waals surface area contributed by atoms with Crippen LogP contribution in [0.25, 0.3) is 0 Å².